The van der Waals surface area contributed by atoms with Crippen molar-refractivity contribution in [3.63, 3.8) is 0 Å². The first-order chi connectivity index (χ1) is 10.3. The van der Waals surface area contributed by atoms with E-state index in [0.717, 1.165) is 9.35 Å². The highest BCUT2D eigenvalue weighted by molar-refractivity contribution is 8.02. The second kappa shape index (κ2) is 6.73. The molecule has 0 radical (unpaired) electrons. The summed E-state index contributed by atoms with van der Waals surface area (Å²) in [6.45, 7) is 3.61. The summed E-state index contributed by atoms with van der Waals surface area (Å²) in [6, 6.07) is 5.67. The Morgan fingerprint density at radius 1 is 1.32 bits per heavy atom. The van der Waals surface area contributed by atoms with E-state index in [9.17, 15) is 13.2 Å². The molecule has 0 bridgehead atoms. The van der Waals surface area contributed by atoms with E-state index in [1.165, 1.54) is 47.4 Å². The summed E-state index contributed by atoms with van der Waals surface area (Å²) in [6.07, 6.45) is 0. The number of sulfonamides is 1. The molecular weight excluding hydrogens is 344 g/mol. The number of benzene rings is 1. The van der Waals surface area contributed by atoms with Gasteiger partial charge in [0.15, 0.2) is 4.34 Å². The number of rotatable bonds is 5. The number of hydrogen-bond donors (Lipinski definition) is 2. The number of nitrogens with two attached hydrogens (primary N) is 1. The van der Waals surface area contributed by atoms with Gasteiger partial charge in [0.25, 0.3) is 0 Å². The normalized spacial score (nSPS) is 12.9. The van der Waals surface area contributed by atoms with Crippen LogP contribution in [-0.2, 0) is 14.8 Å². The van der Waals surface area contributed by atoms with Crippen molar-refractivity contribution < 1.29 is 13.2 Å². The maximum Gasteiger partial charge on any atom is 0.238 e. The first kappa shape index (κ1) is 16.9. The standard InChI is InChI=1S/C12H14N4O3S3/c1-7(20-12-16-15-8(2)21-12)11(17)14-9-3-5-10(6-4-9)22(13,18)19/h3-7H,1-2H3,(H,14,17)(H2,13,18,19). The van der Waals surface area contributed by atoms with Crippen LogP contribution in [0.4, 0.5) is 5.69 Å². The highest BCUT2D eigenvalue weighted by atomic mass is 32.2. The Bertz CT molecular complexity index is 771. The molecule has 1 aromatic heterocycles. The number of amides is 1. The van der Waals surface area contributed by atoms with Crippen molar-refractivity contribution in [3.05, 3.63) is 29.3 Å². The summed E-state index contributed by atoms with van der Waals surface area (Å²) >= 11 is 2.74. The second-order valence-electron chi connectivity index (χ2n) is 4.41. The lowest BCUT2D eigenvalue weighted by molar-refractivity contribution is -0.115. The van der Waals surface area contributed by atoms with Gasteiger partial charge in [-0.25, -0.2) is 13.6 Å². The Morgan fingerprint density at radius 2 is 1.95 bits per heavy atom. The lowest BCUT2D eigenvalue weighted by atomic mass is 10.3. The minimum Gasteiger partial charge on any atom is -0.325 e. The third-order valence-electron chi connectivity index (χ3n) is 2.60. The Balaban J connectivity index is 1.99. The molecule has 7 nitrogen and oxygen atoms in total. The minimum absolute atomic E-state index is 0.00254. The predicted octanol–water partition coefficient (Wildman–Crippen LogP) is 1.61. The van der Waals surface area contributed by atoms with Crippen molar-refractivity contribution in [1.82, 2.24) is 10.2 Å². The highest BCUT2D eigenvalue weighted by Crippen LogP contribution is 2.27. The number of hydrogen-bond acceptors (Lipinski definition) is 7. The summed E-state index contributed by atoms with van der Waals surface area (Å²) < 4.78 is 23.0. The van der Waals surface area contributed by atoms with Gasteiger partial charge in [-0.3, -0.25) is 4.79 Å². The summed E-state index contributed by atoms with van der Waals surface area (Å²) in [5.74, 6) is -0.207. The molecule has 0 spiro atoms. The molecule has 0 fully saturated rings. The number of thioether (sulfide) groups is 1. The Labute approximate surface area is 136 Å². The number of anilines is 1. The fourth-order valence-electron chi connectivity index (χ4n) is 1.50. The summed E-state index contributed by atoms with van der Waals surface area (Å²) in [5, 5.41) is 16.1. The molecule has 1 atom stereocenters. The predicted molar refractivity (Wildman–Crippen MR) is 86.4 cm³/mol. The molecule has 2 aromatic rings. The Kier molecular flexibility index (Phi) is 5.16. The molecule has 10 heteroatoms. The van der Waals surface area contributed by atoms with E-state index in [1.54, 1.807) is 6.92 Å². The summed E-state index contributed by atoms with van der Waals surface area (Å²) in [4.78, 5) is 12.1. The molecule has 1 heterocycles. The maximum atomic E-state index is 12.1. The second-order valence-corrected chi connectivity index (χ2v) is 8.74. The topological polar surface area (TPSA) is 115 Å². The summed E-state index contributed by atoms with van der Waals surface area (Å²) in [5.41, 5.74) is 0.498. The van der Waals surface area contributed by atoms with Crippen molar-refractivity contribution in [2.75, 3.05) is 5.32 Å². The number of nitrogens with one attached hydrogen (secondary N) is 1. The van der Waals surface area contributed by atoms with Crippen LogP contribution in [0, 0.1) is 6.92 Å². The average Bonchev–Trinajstić information content (AvgIpc) is 2.83. The SMILES string of the molecule is Cc1nnc(SC(C)C(=O)Nc2ccc(S(N)(=O)=O)cc2)s1. The van der Waals surface area contributed by atoms with Crippen LogP contribution < -0.4 is 10.5 Å². The molecule has 2 rings (SSSR count). The van der Waals surface area contributed by atoms with E-state index in [4.69, 9.17) is 5.14 Å². The number of nitrogens with zero attached hydrogens (tertiary/aromatic N) is 2. The molecule has 0 saturated carbocycles. The molecule has 118 valence electrons. The third kappa shape index (κ3) is 4.50. The zero-order valence-corrected chi connectivity index (χ0v) is 14.3. The molecule has 0 aliphatic carbocycles. The van der Waals surface area contributed by atoms with Crippen LogP contribution in [0.15, 0.2) is 33.5 Å². The van der Waals surface area contributed by atoms with E-state index in [2.05, 4.69) is 15.5 Å². The molecule has 0 saturated heterocycles. The van der Waals surface area contributed by atoms with Gasteiger partial charge in [0, 0.05) is 5.69 Å². The average molecular weight is 358 g/mol. The van der Waals surface area contributed by atoms with Crippen molar-refractivity contribution in [1.29, 1.82) is 0 Å². The lowest BCUT2D eigenvalue weighted by Gasteiger charge is -2.10. The van der Waals surface area contributed by atoms with Crippen LogP contribution in [0.25, 0.3) is 0 Å². The minimum atomic E-state index is -3.73. The van der Waals surface area contributed by atoms with Crippen LogP contribution in [0.3, 0.4) is 0 Å². The van der Waals surface area contributed by atoms with Gasteiger partial charge in [-0.05, 0) is 38.1 Å². The molecule has 1 aromatic carbocycles. The van der Waals surface area contributed by atoms with E-state index >= 15 is 0 Å². The van der Waals surface area contributed by atoms with Gasteiger partial charge < -0.3 is 5.32 Å². The first-order valence-electron chi connectivity index (χ1n) is 6.16. The Hall–Kier alpha value is -1.49. The van der Waals surface area contributed by atoms with E-state index in [0.29, 0.717) is 5.69 Å². The smallest absolute Gasteiger partial charge is 0.238 e. The zero-order chi connectivity index (χ0) is 16.3. The molecule has 0 aliphatic rings. The fraction of sp³-hybridized carbons (Fsp3) is 0.250. The van der Waals surface area contributed by atoms with E-state index < -0.39 is 10.0 Å². The highest BCUT2D eigenvalue weighted by Gasteiger charge is 2.17. The zero-order valence-electron chi connectivity index (χ0n) is 11.8. The van der Waals surface area contributed by atoms with Gasteiger partial charge in [0.1, 0.15) is 5.01 Å². The van der Waals surface area contributed by atoms with Crippen molar-refractivity contribution >= 4 is 44.7 Å². The van der Waals surface area contributed by atoms with E-state index in [1.807, 2.05) is 6.92 Å². The van der Waals surface area contributed by atoms with Crippen LogP contribution in [-0.4, -0.2) is 29.8 Å². The van der Waals surface area contributed by atoms with Crippen LogP contribution in [0.2, 0.25) is 0 Å². The van der Waals surface area contributed by atoms with Gasteiger partial charge in [-0.1, -0.05) is 23.1 Å². The number of aryl methyl sites for hydroxylation is 1. The molecular formula is C12H14N4O3S3. The maximum absolute atomic E-state index is 12.1. The number of carbonyl (C=O) groups excluding carboxylic acids is 1. The van der Waals surface area contributed by atoms with Gasteiger partial charge in [0.2, 0.25) is 15.9 Å². The van der Waals surface area contributed by atoms with Gasteiger partial charge in [-0.2, -0.15) is 0 Å². The van der Waals surface area contributed by atoms with Crippen molar-refractivity contribution in [2.24, 2.45) is 5.14 Å². The fourth-order valence-corrected chi connectivity index (χ4v) is 3.98. The number of carbonyl (C=O) groups is 1. The lowest BCUT2D eigenvalue weighted by Crippen LogP contribution is -2.22. The number of primary sulfonamides is 1. The Morgan fingerprint density at radius 3 is 2.45 bits per heavy atom. The van der Waals surface area contributed by atoms with Crippen LogP contribution in [0.5, 0.6) is 0 Å². The summed E-state index contributed by atoms with van der Waals surface area (Å²) in [7, 11) is -3.73. The third-order valence-corrected chi connectivity index (χ3v) is 5.56. The first-order valence-corrected chi connectivity index (χ1v) is 9.40. The van der Waals surface area contributed by atoms with E-state index in [-0.39, 0.29) is 16.1 Å². The van der Waals surface area contributed by atoms with Gasteiger partial charge in [0.05, 0.1) is 10.1 Å². The number of aromatic nitrogens is 2. The molecule has 0 aliphatic heterocycles. The molecule has 22 heavy (non-hydrogen) atoms. The van der Waals surface area contributed by atoms with Gasteiger partial charge >= 0.3 is 0 Å². The van der Waals surface area contributed by atoms with Crippen LogP contribution in [0.1, 0.15) is 11.9 Å². The molecule has 1 amide bonds. The van der Waals surface area contributed by atoms with Crippen molar-refractivity contribution in [2.45, 2.75) is 28.3 Å². The van der Waals surface area contributed by atoms with Crippen LogP contribution >= 0.6 is 23.1 Å². The molecule has 3 N–H and O–H groups in total. The monoisotopic (exact) mass is 358 g/mol. The quantitative estimate of drug-likeness (QED) is 0.785. The largest absolute Gasteiger partial charge is 0.325 e. The van der Waals surface area contributed by atoms with Crippen molar-refractivity contribution in [3.8, 4) is 0 Å². The van der Waals surface area contributed by atoms with Gasteiger partial charge in [-0.15, -0.1) is 10.2 Å². The molecule has 1 unspecified atom stereocenters.